The van der Waals surface area contributed by atoms with Crippen LogP contribution in [0.5, 0.6) is 5.75 Å². The fourth-order valence-electron chi connectivity index (χ4n) is 1.60. The molecule has 0 amide bonds. The number of nitrogens with one attached hydrogen (secondary N) is 1. The SMILES string of the molecule is Cc1csc(CNCC(O)COc2ccccc2)n1. The molecule has 1 aromatic heterocycles. The molecule has 0 bridgehead atoms. The quantitative estimate of drug-likeness (QED) is 0.813. The van der Waals surface area contributed by atoms with E-state index in [1.165, 1.54) is 0 Å². The Morgan fingerprint density at radius 1 is 1.37 bits per heavy atom. The van der Waals surface area contributed by atoms with Gasteiger partial charge in [-0.05, 0) is 19.1 Å². The molecule has 2 aromatic rings. The molecule has 4 nitrogen and oxygen atoms in total. The second-order valence-corrected chi connectivity index (χ2v) is 5.23. The summed E-state index contributed by atoms with van der Waals surface area (Å²) in [6.07, 6.45) is -0.527. The molecule has 0 aliphatic rings. The first-order chi connectivity index (χ1) is 9.24. The van der Waals surface area contributed by atoms with E-state index in [-0.39, 0.29) is 6.61 Å². The number of para-hydroxylation sites is 1. The molecular weight excluding hydrogens is 260 g/mol. The smallest absolute Gasteiger partial charge is 0.119 e. The zero-order valence-electron chi connectivity index (χ0n) is 10.9. The molecule has 0 saturated heterocycles. The van der Waals surface area contributed by atoms with Crippen molar-refractivity contribution >= 4 is 11.3 Å². The molecule has 0 fully saturated rings. The molecule has 0 saturated carbocycles. The Morgan fingerprint density at radius 3 is 2.84 bits per heavy atom. The number of ether oxygens (including phenoxy) is 1. The number of benzene rings is 1. The molecule has 0 aliphatic heterocycles. The highest BCUT2D eigenvalue weighted by Gasteiger charge is 2.05. The molecule has 2 rings (SSSR count). The van der Waals surface area contributed by atoms with Crippen LogP contribution in [0.3, 0.4) is 0 Å². The fourth-order valence-corrected chi connectivity index (χ4v) is 2.34. The van der Waals surface area contributed by atoms with Crippen LogP contribution in [-0.2, 0) is 6.54 Å². The van der Waals surface area contributed by atoms with Gasteiger partial charge in [0.25, 0.3) is 0 Å². The summed E-state index contributed by atoms with van der Waals surface area (Å²) in [7, 11) is 0. The van der Waals surface area contributed by atoms with Crippen LogP contribution < -0.4 is 10.1 Å². The normalized spacial score (nSPS) is 12.3. The first-order valence-electron chi connectivity index (χ1n) is 6.21. The van der Waals surface area contributed by atoms with Gasteiger partial charge in [0.05, 0.1) is 0 Å². The predicted molar refractivity (Wildman–Crippen MR) is 76.5 cm³/mol. The van der Waals surface area contributed by atoms with Gasteiger partial charge >= 0.3 is 0 Å². The van der Waals surface area contributed by atoms with Crippen LogP contribution in [0, 0.1) is 6.92 Å². The molecular formula is C14H18N2O2S. The van der Waals surface area contributed by atoms with E-state index in [1.807, 2.05) is 42.6 Å². The average molecular weight is 278 g/mol. The van der Waals surface area contributed by atoms with Crippen molar-refractivity contribution in [2.75, 3.05) is 13.2 Å². The third-order valence-electron chi connectivity index (χ3n) is 2.51. The van der Waals surface area contributed by atoms with Gasteiger partial charge in [0.1, 0.15) is 23.5 Å². The monoisotopic (exact) mass is 278 g/mol. The van der Waals surface area contributed by atoms with E-state index in [1.54, 1.807) is 11.3 Å². The number of aromatic nitrogens is 1. The molecule has 5 heteroatoms. The Bertz CT molecular complexity index is 487. The summed E-state index contributed by atoms with van der Waals surface area (Å²) in [6.45, 7) is 3.43. The topological polar surface area (TPSA) is 54.4 Å². The maximum absolute atomic E-state index is 9.79. The van der Waals surface area contributed by atoms with Crippen LogP contribution >= 0.6 is 11.3 Å². The van der Waals surface area contributed by atoms with Gasteiger partial charge in [0.2, 0.25) is 0 Å². The van der Waals surface area contributed by atoms with Gasteiger partial charge in [-0.3, -0.25) is 0 Å². The Morgan fingerprint density at radius 2 is 2.16 bits per heavy atom. The van der Waals surface area contributed by atoms with Gasteiger partial charge in [-0.15, -0.1) is 11.3 Å². The van der Waals surface area contributed by atoms with E-state index in [0.717, 1.165) is 16.5 Å². The molecule has 1 unspecified atom stereocenters. The summed E-state index contributed by atoms with van der Waals surface area (Å²) in [4.78, 5) is 4.34. The molecule has 0 aliphatic carbocycles. The maximum atomic E-state index is 9.79. The maximum Gasteiger partial charge on any atom is 0.119 e. The van der Waals surface area contributed by atoms with Crippen molar-refractivity contribution in [3.05, 3.63) is 46.4 Å². The Balaban J connectivity index is 1.63. The van der Waals surface area contributed by atoms with Crippen LogP contribution in [0.15, 0.2) is 35.7 Å². The highest BCUT2D eigenvalue weighted by Crippen LogP contribution is 2.09. The summed E-state index contributed by atoms with van der Waals surface area (Å²) < 4.78 is 5.47. The summed E-state index contributed by atoms with van der Waals surface area (Å²) >= 11 is 1.62. The first-order valence-corrected chi connectivity index (χ1v) is 7.09. The van der Waals surface area contributed by atoms with Crippen molar-refractivity contribution in [1.82, 2.24) is 10.3 Å². The largest absolute Gasteiger partial charge is 0.491 e. The van der Waals surface area contributed by atoms with Crippen molar-refractivity contribution < 1.29 is 9.84 Å². The van der Waals surface area contributed by atoms with Crippen LogP contribution in [0.2, 0.25) is 0 Å². The number of rotatable bonds is 7. The molecule has 1 heterocycles. The highest BCUT2D eigenvalue weighted by molar-refractivity contribution is 7.09. The van der Waals surface area contributed by atoms with Gasteiger partial charge in [-0.2, -0.15) is 0 Å². The summed E-state index contributed by atoms with van der Waals surface area (Å²) in [5, 5.41) is 16.0. The van der Waals surface area contributed by atoms with E-state index in [9.17, 15) is 5.11 Å². The van der Waals surface area contributed by atoms with Crippen LogP contribution in [-0.4, -0.2) is 29.3 Å². The number of aliphatic hydroxyl groups is 1. The first kappa shape index (κ1) is 14.0. The van der Waals surface area contributed by atoms with Crippen molar-refractivity contribution in [3.8, 4) is 5.75 Å². The van der Waals surface area contributed by atoms with Gasteiger partial charge in [-0.1, -0.05) is 18.2 Å². The highest BCUT2D eigenvalue weighted by atomic mass is 32.1. The minimum absolute atomic E-state index is 0.286. The number of aliphatic hydroxyl groups excluding tert-OH is 1. The van der Waals surface area contributed by atoms with Crippen LogP contribution in [0.4, 0.5) is 0 Å². The van der Waals surface area contributed by atoms with Gasteiger partial charge < -0.3 is 15.2 Å². The molecule has 1 aromatic carbocycles. The van der Waals surface area contributed by atoms with E-state index in [2.05, 4.69) is 10.3 Å². The number of thiazole rings is 1. The van der Waals surface area contributed by atoms with E-state index in [0.29, 0.717) is 13.1 Å². The molecule has 2 N–H and O–H groups in total. The second-order valence-electron chi connectivity index (χ2n) is 4.29. The number of aryl methyl sites for hydroxylation is 1. The predicted octanol–water partition coefficient (Wildman–Crippen LogP) is 1.98. The fraction of sp³-hybridized carbons (Fsp3) is 0.357. The Labute approximate surface area is 117 Å². The number of nitrogens with zero attached hydrogens (tertiary/aromatic N) is 1. The zero-order valence-corrected chi connectivity index (χ0v) is 11.7. The summed E-state index contributed by atoms with van der Waals surface area (Å²) in [5.41, 5.74) is 1.04. The average Bonchev–Trinajstić information content (AvgIpc) is 2.83. The lowest BCUT2D eigenvalue weighted by molar-refractivity contribution is 0.106. The van der Waals surface area contributed by atoms with Crippen molar-refractivity contribution in [2.45, 2.75) is 19.6 Å². The third-order valence-corrected chi connectivity index (χ3v) is 3.48. The lowest BCUT2D eigenvalue weighted by Gasteiger charge is -2.12. The van der Waals surface area contributed by atoms with Crippen LogP contribution in [0.1, 0.15) is 10.7 Å². The second kappa shape index (κ2) is 7.23. The molecule has 102 valence electrons. The minimum Gasteiger partial charge on any atom is -0.491 e. The standard InChI is InChI=1S/C14H18N2O2S/c1-11-10-19-14(16-11)8-15-7-12(17)9-18-13-5-3-2-4-6-13/h2-6,10,12,15,17H,7-9H2,1H3. The van der Waals surface area contributed by atoms with E-state index < -0.39 is 6.10 Å². The lowest BCUT2D eigenvalue weighted by atomic mass is 10.3. The molecule has 1 atom stereocenters. The third kappa shape index (κ3) is 4.98. The number of hydrogen-bond donors (Lipinski definition) is 2. The Kier molecular flexibility index (Phi) is 5.32. The van der Waals surface area contributed by atoms with E-state index in [4.69, 9.17) is 4.74 Å². The summed E-state index contributed by atoms with van der Waals surface area (Å²) in [5.74, 6) is 0.775. The Hall–Kier alpha value is -1.43. The molecule has 0 radical (unpaired) electrons. The van der Waals surface area contributed by atoms with Gasteiger partial charge in [-0.25, -0.2) is 4.98 Å². The van der Waals surface area contributed by atoms with Gasteiger partial charge in [0.15, 0.2) is 0 Å². The van der Waals surface area contributed by atoms with Crippen LogP contribution in [0.25, 0.3) is 0 Å². The minimum atomic E-state index is -0.527. The lowest BCUT2D eigenvalue weighted by Crippen LogP contribution is -2.31. The number of hydrogen-bond acceptors (Lipinski definition) is 5. The molecule has 19 heavy (non-hydrogen) atoms. The van der Waals surface area contributed by atoms with Crippen molar-refractivity contribution in [1.29, 1.82) is 0 Å². The zero-order chi connectivity index (χ0) is 13.5. The molecule has 0 spiro atoms. The van der Waals surface area contributed by atoms with Crippen molar-refractivity contribution in [2.24, 2.45) is 0 Å². The van der Waals surface area contributed by atoms with Crippen molar-refractivity contribution in [3.63, 3.8) is 0 Å². The van der Waals surface area contributed by atoms with E-state index >= 15 is 0 Å². The summed E-state index contributed by atoms with van der Waals surface area (Å²) in [6, 6.07) is 9.49. The van der Waals surface area contributed by atoms with Gasteiger partial charge in [0, 0.05) is 24.2 Å².